The topological polar surface area (TPSA) is 126 Å². The van der Waals surface area contributed by atoms with Crippen molar-refractivity contribution in [3.05, 3.63) is 10.4 Å². The second-order valence-electron chi connectivity index (χ2n) is 6.57. The molecule has 10 heteroatoms. The minimum atomic E-state index is -1.29. The number of hydrogen-bond donors (Lipinski definition) is 1. The number of fused-ring (bicyclic) bond motifs is 1. The Hall–Kier alpha value is -1.42. The third-order valence-electron chi connectivity index (χ3n) is 4.51. The molecule has 0 aromatic heterocycles. The normalized spacial score (nSPS) is 40.0. The highest BCUT2D eigenvalue weighted by atomic mass is 16.9. The Kier molecular flexibility index (Phi) is 4.45. The van der Waals surface area contributed by atoms with Gasteiger partial charge in [-0.2, -0.15) is 0 Å². The number of carbonyl (C=O) groups excluding carboxylic acids is 1. The van der Waals surface area contributed by atoms with Gasteiger partial charge in [0.25, 0.3) is 0 Å². The number of ether oxygens (including phenoxy) is 4. The minimum absolute atomic E-state index is 0.00963. The van der Waals surface area contributed by atoms with Crippen LogP contribution in [0.2, 0.25) is 0 Å². The quantitative estimate of drug-likeness (QED) is 0.326. The molecule has 0 unspecified atom stereocenters. The van der Waals surface area contributed by atoms with Gasteiger partial charge in [-0.3, -0.25) is 9.69 Å². The zero-order valence-corrected chi connectivity index (χ0v) is 13.9. The van der Waals surface area contributed by atoms with Crippen LogP contribution < -0.4 is 0 Å². The van der Waals surface area contributed by atoms with Crippen LogP contribution >= 0.6 is 0 Å². The average molecular weight is 342 g/mol. The standard InChI is InChI=1S/C14H22N4O6/c1-4-21-10(19)7-18-6-8-11(20)12-14(22-8,9(18)5-16-17-15)24-13(2,3)23-12/h8-9,11-12,20H,4-7H2,1-3H3/t8-,9+,11+,12-,14-/m0/s1. The lowest BCUT2D eigenvalue weighted by atomic mass is 9.99. The van der Waals surface area contributed by atoms with Crippen LogP contribution in [0.5, 0.6) is 0 Å². The van der Waals surface area contributed by atoms with Gasteiger partial charge < -0.3 is 24.1 Å². The number of morpholine rings is 1. The molecular formula is C14H22N4O6. The number of nitrogens with zero attached hydrogens (tertiary/aromatic N) is 4. The van der Waals surface area contributed by atoms with Crippen LogP contribution in [-0.4, -0.2) is 78.1 Å². The van der Waals surface area contributed by atoms with E-state index in [4.69, 9.17) is 24.5 Å². The van der Waals surface area contributed by atoms with E-state index in [0.717, 1.165) is 0 Å². The Morgan fingerprint density at radius 3 is 2.92 bits per heavy atom. The van der Waals surface area contributed by atoms with E-state index in [1.807, 2.05) is 0 Å². The average Bonchev–Trinajstić information content (AvgIpc) is 2.86. The predicted molar refractivity (Wildman–Crippen MR) is 79.7 cm³/mol. The summed E-state index contributed by atoms with van der Waals surface area (Å²) in [6.07, 6.45) is -2.17. The smallest absolute Gasteiger partial charge is 0.320 e. The molecule has 0 amide bonds. The summed E-state index contributed by atoms with van der Waals surface area (Å²) in [4.78, 5) is 16.5. The van der Waals surface area contributed by atoms with Gasteiger partial charge in [0, 0.05) is 18.0 Å². The van der Waals surface area contributed by atoms with E-state index in [-0.39, 0.29) is 26.2 Å². The van der Waals surface area contributed by atoms with Gasteiger partial charge in [0.1, 0.15) is 18.3 Å². The number of aliphatic hydroxyl groups excluding tert-OH is 1. The lowest BCUT2D eigenvalue weighted by molar-refractivity contribution is -0.304. The number of rotatable bonds is 5. The van der Waals surface area contributed by atoms with E-state index in [9.17, 15) is 9.90 Å². The second kappa shape index (κ2) is 6.14. The van der Waals surface area contributed by atoms with Gasteiger partial charge in [0.05, 0.1) is 19.2 Å². The monoisotopic (exact) mass is 342 g/mol. The molecule has 5 atom stereocenters. The maximum Gasteiger partial charge on any atom is 0.320 e. The van der Waals surface area contributed by atoms with Gasteiger partial charge in [-0.05, 0) is 26.3 Å². The van der Waals surface area contributed by atoms with Crippen molar-refractivity contribution in [3.8, 4) is 0 Å². The Labute approximate surface area is 139 Å². The summed E-state index contributed by atoms with van der Waals surface area (Å²) in [5.74, 6) is -2.64. The molecule has 2 bridgehead atoms. The van der Waals surface area contributed by atoms with E-state index >= 15 is 0 Å². The Bertz CT molecular complexity index is 565. The molecule has 0 aliphatic carbocycles. The van der Waals surface area contributed by atoms with Crippen LogP contribution in [0.25, 0.3) is 10.4 Å². The molecule has 3 aliphatic heterocycles. The Balaban J connectivity index is 1.92. The van der Waals surface area contributed by atoms with Gasteiger partial charge >= 0.3 is 5.97 Å². The molecule has 10 nitrogen and oxygen atoms in total. The molecule has 3 aliphatic rings. The number of esters is 1. The first kappa shape index (κ1) is 17.4. The number of hydrogen-bond acceptors (Lipinski definition) is 8. The zero-order chi connectivity index (χ0) is 17.5. The number of carbonyl (C=O) groups is 1. The number of azide groups is 1. The summed E-state index contributed by atoms with van der Waals surface area (Å²) in [5.41, 5.74) is 8.70. The number of likely N-dealkylation sites (tertiary alicyclic amines) is 1. The largest absolute Gasteiger partial charge is 0.465 e. The molecule has 3 heterocycles. The first-order valence-electron chi connectivity index (χ1n) is 7.97. The van der Waals surface area contributed by atoms with E-state index < -0.39 is 41.9 Å². The minimum Gasteiger partial charge on any atom is -0.465 e. The van der Waals surface area contributed by atoms with Crippen LogP contribution in [0, 0.1) is 0 Å². The van der Waals surface area contributed by atoms with Crippen molar-refractivity contribution >= 4 is 5.97 Å². The zero-order valence-electron chi connectivity index (χ0n) is 13.9. The van der Waals surface area contributed by atoms with Crippen LogP contribution in [-0.2, 0) is 23.7 Å². The predicted octanol–water partition coefficient (Wildman–Crippen LogP) is 0.152. The van der Waals surface area contributed by atoms with E-state index in [0.29, 0.717) is 0 Å². The van der Waals surface area contributed by atoms with Gasteiger partial charge in [-0.1, -0.05) is 5.11 Å². The molecule has 3 fully saturated rings. The fourth-order valence-electron chi connectivity index (χ4n) is 3.75. The first-order chi connectivity index (χ1) is 11.3. The van der Waals surface area contributed by atoms with Crippen LogP contribution in [0.15, 0.2) is 5.11 Å². The van der Waals surface area contributed by atoms with Gasteiger partial charge in [0.15, 0.2) is 5.79 Å². The van der Waals surface area contributed by atoms with E-state index in [2.05, 4.69) is 10.0 Å². The molecule has 1 spiro atoms. The Morgan fingerprint density at radius 1 is 1.50 bits per heavy atom. The highest BCUT2D eigenvalue weighted by Gasteiger charge is 2.71. The molecule has 1 N–H and O–H groups in total. The molecule has 0 aromatic rings. The maximum absolute atomic E-state index is 11.9. The Morgan fingerprint density at radius 2 is 2.25 bits per heavy atom. The lowest BCUT2D eigenvalue weighted by Gasteiger charge is -2.45. The molecule has 0 radical (unpaired) electrons. The summed E-state index contributed by atoms with van der Waals surface area (Å²) < 4.78 is 22.8. The van der Waals surface area contributed by atoms with E-state index in [1.54, 1.807) is 25.7 Å². The molecule has 24 heavy (non-hydrogen) atoms. The highest BCUT2D eigenvalue weighted by Crippen LogP contribution is 2.51. The summed E-state index contributed by atoms with van der Waals surface area (Å²) in [6.45, 7) is 5.75. The van der Waals surface area contributed by atoms with Gasteiger partial charge in [0.2, 0.25) is 5.79 Å². The third kappa shape index (κ3) is 2.75. The summed E-state index contributed by atoms with van der Waals surface area (Å²) in [5, 5.41) is 14.2. The molecule has 0 aromatic carbocycles. The van der Waals surface area contributed by atoms with Crippen LogP contribution in [0.1, 0.15) is 20.8 Å². The van der Waals surface area contributed by atoms with Crippen molar-refractivity contribution in [2.24, 2.45) is 5.11 Å². The summed E-state index contributed by atoms with van der Waals surface area (Å²) >= 11 is 0. The van der Waals surface area contributed by atoms with Crippen molar-refractivity contribution < 1.29 is 28.8 Å². The molecular weight excluding hydrogens is 320 g/mol. The maximum atomic E-state index is 11.9. The first-order valence-corrected chi connectivity index (χ1v) is 7.97. The fraction of sp³-hybridized carbons (Fsp3) is 0.929. The van der Waals surface area contributed by atoms with Gasteiger partial charge in [-0.25, -0.2) is 0 Å². The van der Waals surface area contributed by atoms with Crippen molar-refractivity contribution in [2.45, 2.75) is 56.7 Å². The fourth-order valence-corrected chi connectivity index (χ4v) is 3.75. The van der Waals surface area contributed by atoms with Crippen molar-refractivity contribution in [2.75, 3.05) is 26.2 Å². The molecule has 3 saturated heterocycles. The second-order valence-corrected chi connectivity index (χ2v) is 6.57. The van der Waals surface area contributed by atoms with Gasteiger partial charge in [-0.15, -0.1) is 0 Å². The molecule has 0 saturated carbocycles. The van der Waals surface area contributed by atoms with Crippen LogP contribution in [0.3, 0.4) is 0 Å². The SMILES string of the molecule is CCOC(=O)CN1C[C@@H]2O[C@]3(OC(C)(C)O[C@H]3[C@@H]2O)[C@H]1CN=[N+]=[N-]. The summed E-state index contributed by atoms with van der Waals surface area (Å²) in [6, 6.07) is -0.571. The van der Waals surface area contributed by atoms with Crippen molar-refractivity contribution in [1.82, 2.24) is 4.90 Å². The van der Waals surface area contributed by atoms with Crippen molar-refractivity contribution in [1.29, 1.82) is 0 Å². The van der Waals surface area contributed by atoms with Crippen molar-refractivity contribution in [3.63, 3.8) is 0 Å². The molecule has 3 rings (SSSR count). The lowest BCUT2D eigenvalue weighted by Crippen LogP contribution is -2.63. The van der Waals surface area contributed by atoms with E-state index in [1.165, 1.54) is 0 Å². The van der Waals surface area contributed by atoms with Crippen LogP contribution in [0.4, 0.5) is 0 Å². The highest BCUT2D eigenvalue weighted by molar-refractivity contribution is 5.71. The third-order valence-corrected chi connectivity index (χ3v) is 4.51. The molecule has 134 valence electrons. The number of aliphatic hydroxyl groups is 1. The summed E-state index contributed by atoms with van der Waals surface area (Å²) in [7, 11) is 0.